The molecule has 2 amide bonds. The average Bonchev–Trinajstić information content (AvgIpc) is 2.71. The monoisotopic (exact) mass is 381 g/mol. The van der Waals surface area contributed by atoms with E-state index in [9.17, 15) is 14.4 Å². The number of carbonyl (C=O) groups is 3. The number of hydrogen-bond donors (Lipinski definition) is 2. The van der Waals surface area contributed by atoms with E-state index in [2.05, 4.69) is 5.32 Å². The summed E-state index contributed by atoms with van der Waals surface area (Å²) in [7, 11) is 1.74. The van der Waals surface area contributed by atoms with Crippen LogP contribution in [0.2, 0.25) is 0 Å². The van der Waals surface area contributed by atoms with Crippen LogP contribution in [0.25, 0.3) is 0 Å². The maximum absolute atomic E-state index is 12.4. The maximum atomic E-state index is 12.4. The molecule has 0 heterocycles. The molecule has 0 radical (unpaired) electrons. The van der Waals surface area contributed by atoms with Gasteiger partial charge < -0.3 is 16.0 Å². The molecule has 0 aliphatic rings. The summed E-state index contributed by atoms with van der Waals surface area (Å²) >= 11 is 0. The highest BCUT2D eigenvalue weighted by atomic mass is 16.2. The first-order valence-corrected chi connectivity index (χ1v) is 9.47. The molecule has 6 nitrogen and oxygen atoms in total. The molecule has 2 aromatic carbocycles. The molecule has 2 aromatic rings. The lowest BCUT2D eigenvalue weighted by atomic mass is 10.1. The Balaban J connectivity index is 1.64. The van der Waals surface area contributed by atoms with Crippen molar-refractivity contribution in [1.82, 2.24) is 4.90 Å². The quantitative estimate of drug-likeness (QED) is 0.372. The van der Waals surface area contributed by atoms with E-state index < -0.39 is 0 Å². The molecule has 0 aliphatic heterocycles. The van der Waals surface area contributed by atoms with Gasteiger partial charge in [-0.05, 0) is 31.0 Å². The fourth-order valence-corrected chi connectivity index (χ4v) is 2.91. The first-order chi connectivity index (χ1) is 13.5. The van der Waals surface area contributed by atoms with Gasteiger partial charge in [0.25, 0.3) is 5.91 Å². The summed E-state index contributed by atoms with van der Waals surface area (Å²) in [4.78, 5) is 37.1. The van der Waals surface area contributed by atoms with Gasteiger partial charge in [-0.3, -0.25) is 14.4 Å². The lowest BCUT2D eigenvalue weighted by Gasteiger charge is -2.18. The van der Waals surface area contributed by atoms with E-state index in [4.69, 9.17) is 5.73 Å². The Morgan fingerprint density at radius 2 is 1.68 bits per heavy atom. The third-order valence-electron chi connectivity index (χ3n) is 4.55. The Kier molecular flexibility index (Phi) is 8.21. The minimum absolute atomic E-state index is 0.0457. The number of nitrogen functional groups attached to an aromatic ring is 1. The molecular formula is C22H27N3O3. The van der Waals surface area contributed by atoms with E-state index in [1.54, 1.807) is 48.3 Å². The number of nitrogens with zero attached hydrogens (tertiary/aromatic N) is 1. The second kappa shape index (κ2) is 10.9. The number of nitrogens with two attached hydrogens (primary N) is 1. The van der Waals surface area contributed by atoms with Crippen LogP contribution in [-0.4, -0.2) is 36.6 Å². The van der Waals surface area contributed by atoms with Crippen molar-refractivity contribution >= 4 is 29.5 Å². The lowest BCUT2D eigenvalue weighted by molar-refractivity contribution is -0.116. The molecule has 0 fully saturated rings. The summed E-state index contributed by atoms with van der Waals surface area (Å²) in [5.41, 5.74) is 7.84. The molecule has 0 aromatic heterocycles. The van der Waals surface area contributed by atoms with Crippen molar-refractivity contribution in [1.29, 1.82) is 0 Å². The Hall–Kier alpha value is -3.15. The molecular weight excluding hydrogens is 354 g/mol. The number of unbranched alkanes of at least 4 members (excludes halogenated alkanes) is 3. The van der Waals surface area contributed by atoms with Gasteiger partial charge in [-0.2, -0.15) is 0 Å². The zero-order chi connectivity index (χ0) is 20.4. The predicted octanol–water partition coefficient (Wildman–Crippen LogP) is 3.74. The van der Waals surface area contributed by atoms with Crippen molar-refractivity contribution in [3.63, 3.8) is 0 Å². The van der Waals surface area contributed by atoms with Crippen molar-refractivity contribution in [3.8, 4) is 0 Å². The first kappa shape index (κ1) is 21.2. The van der Waals surface area contributed by atoms with E-state index in [1.807, 2.05) is 12.1 Å². The van der Waals surface area contributed by atoms with Gasteiger partial charge in [0, 0.05) is 25.6 Å². The summed E-state index contributed by atoms with van der Waals surface area (Å²) in [6.45, 7) is 0.610. The summed E-state index contributed by atoms with van der Waals surface area (Å²) in [5, 5.41) is 2.82. The highest BCUT2D eigenvalue weighted by Crippen LogP contribution is 2.17. The maximum Gasteiger partial charge on any atom is 0.254 e. The molecule has 0 aliphatic carbocycles. The second-order valence-electron chi connectivity index (χ2n) is 6.73. The summed E-state index contributed by atoms with van der Waals surface area (Å²) in [5.74, 6) is -0.196. The van der Waals surface area contributed by atoms with Crippen LogP contribution in [0.5, 0.6) is 0 Å². The van der Waals surface area contributed by atoms with Gasteiger partial charge >= 0.3 is 0 Å². The summed E-state index contributed by atoms with van der Waals surface area (Å²) in [6.07, 6.45) is 4.60. The van der Waals surface area contributed by atoms with Crippen LogP contribution in [-0.2, 0) is 4.79 Å². The lowest BCUT2D eigenvalue weighted by Crippen LogP contribution is -2.28. The molecule has 6 heteroatoms. The molecule has 0 unspecified atom stereocenters. The van der Waals surface area contributed by atoms with Crippen LogP contribution >= 0.6 is 0 Å². The molecule has 148 valence electrons. The molecule has 0 saturated carbocycles. The highest BCUT2D eigenvalue weighted by molar-refractivity contribution is 6.01. The van der Waals surface area contributed by atoms with Crippen LogP contribution < -0.4 is 11.1 Å². The minimum Gasteiger partial charge on any atom is -0.397 e. The largest absolute Gasteiger partial charge is 0.397 e. The van der Waals surface area contributed by atoms with Crippen molar-refractivity contribution in [2.45, 2.75) is 32.1 Å². The third kappa shape index (κ3) is 6.23. The second-order valence-corrected chi connectivity index (χ2v) is 6.73. The van der Waals surface area contributed by atoms with Crippen molar-refractivity contribution < 1.29 is 14.4 Å². The molecule has 0 spiro atoms. The van der Waals surface area contributed by atoms with Crippen molar-refractivity contribution in [2.24, 2.45) is 0 Å². The molecule has 0 saturated heterocycles. The summed E-state index contributed by atoms with van der Waals surface area (Å²) in [6, 6.07) is 14.0. The molecule has 0 atom stereocenters. The fourth-order valence-electron chi connectivity index (χ4n) is 2.91. The zero-order valence-corrected chi connectivity index (χ0v) is 16.2. The van der Waals surface area contributed by atoms with Crippen molar-refractivity contribution in [2.75, 3.05) is 24.6 Å². The number of nitrogens with one attached hydrogen (secondary N) is 1. The highest BCUT2D eigenvalue weighted by Gasteiger charge is 2.14. The third-order valence-corrected chi connectivity index (χ3v) is 4.55. The Labute approximate surface area is 165 Å². The van der Waals surface area contributed by atoms with Gasteiger partial charge in [0.05, 0.1) is 16.9 Å². The molecule has 2 rings (SSSR count). The number of benzene rings is 2. The Morgan fingerprint density at radius 3 is 2.43 bits per heavy atom. The number of hydrogen-bond acceptors (Lipinski definition) is 4. The van der Waals surface area contributed by atoms with Crippen LogP contribution in [0.15, 0.2) is 48.5 Å². The number of rotatable bonds is 10. The van der Waals surface area contributed by atoms with Gasteiger partial charge in [0.15, 0.2) is 6.29 Å². The smallest absolute Gasteiger partial charge is 0.254 e. The Bertz CT molecular complexity index is 820. The van der Waals surface area contributed by atoms with Crippen LogP contribution in [0.4, 0.5) is 11.4 Å². The van der Waals surface area contributed by atoms with Gasteiger partial charge in [0.2, 0.25) is 5.91 Å². The first-order valence-electron chi connectivity index (χ1n) is 9.47. The normalized spacial score (nSPS) is 10.3. The van der Waals surface area contributed by atoms with Crippen LogP contribution in [0.3, 0.4) is 0 Å². The van der Waals surface area contributed by atoms with Gasteiger partial charge in [-0.25, -0.2) is 0 Å². The van der Waals surface area contributed by atoms with E-state index in [-0.39, 0.29) is 11.8 Å². The van der Waals surface area contributed by atoms with Crippen molar-refractivity contribution in [3.05, 3.63) is 59.7 Å². The average molecular weight is 381 g/mol. The van der Waals surface area contributed by atoms with E-state index in [0.717, 1.165) is 25.7 Å². The minimum atomic E-state index is -0.150. The molecule has 28 heavy (non-hydrogen) atoms. The number of anilines is 2. The SMILES string of the molecule is CN(CCCCCCC(=O)Nc1ccccc1N)C(=O)c1ccccc1C=O. The standard InChI is InChI=1S/C22H27N3O3/c1-25(22(28)18-11-6-5-10-17(18)16-26)15-9-3-2-4-14-21(27)24-20-13-8-7-12-19(20)23/h5-8,10-13,16H,2-4,9,14-15,23H2,1H3,(H,24,27). The van der Waals surface area contributed by atoms with Gasteiger partial charge in [-0.15, -0.1) is 0 Å². The Morgan fingerprint density at radius 1 is 1.00 bits per heavy atom. The fraction of sp³-hybridized carbons (Fsp3) is 0.318. The van der Waals surface area contributed by atoms with E-state index in [0.29, 0.717) is 41.8 Å². The number of aldehydes is 1. The number of amides is 2. The predicted molar refractivity (Wildman–Crippen MR) is 111 cm³/mol. The van der Waals surface area contributed by atoms with Crippen LogP contribution in [0.1, 0.15) is 52.8 Å². The number of para-hydroxylation sites is 2. The van der Waals surface area contributed by atoms with E-state index in [1.165, 1.54) is 0 Å². The van der Waals surface area contributed by atoms with Crippen LogP contribution in [0, 0.1) is 0 Å². The zero-order valence-electron chi connectivity index (χ0n) is 16.2. The van der Waals surface area contributed by atoms with E-state index >= 15 is 0 Å². The summed E-state index contributed by atoms with van der Waals surface area (Å²) < 4.78 is 0. The molecule has 3 N–H and O–H groups in total. The number of carbonyl (C=O) groups excluding carboxylic acids is 3. The van der Waals surface area contributed by atoms with Gasteiger partial charge in [0.1, 0.15) is 0 Å². The topological polar surface area (TPSA) is 92.5 Å². The van der Waals surface area contributed by atoms with Gasteiger partial charge in [-0.1, -0.05) is 43.2 Å². The molecule has 0 bridgehead atoms.